The van der Waals surface area contributed by atoms with Crippen LogP contribution in [-0.2, 0) is 17.6 Å². The fourth-order valence-corrected chi connectivity index (χ4v) is 4.90. The molecule has 3 N–H and O–H groups in total. The van der Waals surface area contributed by atoms with E-state index in [2.05, 4.69) is 47.7 Å². The molecule has 5 heterocycles. The Labute approximate surface area is 245 Å². The number of nitrogens with zero attached hydrogens (tertiary/aromatic N) is 7. The van der Waals surface area contributed by atoms with Crippen LogP contribution in [0.15, 0.2) is 67.4 Å². The van der Waals surface area contributed by atoms with Crippen LogP contribution in [-0.4, -0.2) is 84.5 Å². The first-order chi connectivity index (χ1) is 20.6. The molecular formula is C30H37N9O3. The quantitative estimate of drug-likeness (QED) is 0.170. The van der Waals surface area contributed by atoms with Crippen LogP contribution in [0.3, 0.4) is 0 Å². The molecule has 0 amide bonds. The molecule has 0 bridgehead atoms. The van der Waals surface area contributed by atoms with Crippen molar-refractivity contribution >= 4 is 17.6 Å². The van der Waals surface area contributed by atoms with Gasteiger partial charge >= 0.3 is 5.97 Å². The van der Waals surface area contributed by atoms with Crippen molar-refractivity contribution < 1.29 is 14.6 Å². The minimum absolute atomic E-state index is 0.387. The van der Waals surface area contributed by atoms with Crippen molar-refractivity contribution in [1.82, 2.24) is 34.6 Å². The van der Waals surface area contributed by atoms with Crippen molar-refractivity contribution in [2.75, 3.05) is 43.4 Å². The minimum Gasteiger partial charge on any atom is -0.480 e. The highest BCUT2D eigenvalue weighted by atomic mass is 16.5. The van der Waals surface area contributed by atoms with E-state index in [1.165, 1.54) is 11.9 Å². The van der Waals surface area contributed by atoms with Gasteiger partial charge in [-0.05, 0) is 68.8 Å². The maximum atomic E-state index is 12.2. The summed E-state index contributed by atoms with van der Waals surface area (Å²) in [5, 5.41) is 20.6. The molecule has 1 aliphatic rings. The van der Waals surface area contributed by atoms with Crippen LogP contribution in [0.25, 0.3) is 5.82 Å². The van der Waals surface area contributed by atoms with Crippen LogP contribution in [0.2, 0.25) is 0 Å². The van der Waals surface area contributed by atoms with Gasteiger partial charge in [-0.15, -0.1) is 0 Å². The third-order valence-corrected chi connectivity index (χ3v) is 7.15. The van der Waals surface area contributed by atoms with Gasteiger partial charge in [0.25, 0.3) is 0 Å². The molecule has 0 saturated heterocycles. The van der Waals surface area contributed by atoms with E-state index in [-0.39, 0.29) is 0 Å². The molecule has 1 atom stereocenters. The van der Waals surface area contributed by atoms with Crippen molar-refractivity contribution in [2.45, 2.75) is 44.6 Å². The van der Waals surface area contributed by atoms with E-state index in [4.69, 9.17) is 9.72 Å². The molecule has 0 aromatic carbocycles. The first kappa shape index (κ1) is 28.9. The minimum atomic E-state index is -0.939. The number of pyridine rings is 2. The van der Waals surface area contributed by atoms with Gasteiger partial charge in [0.05, 0.1) is 0 Å². The van der Waals surface area contributed by atoms with Gasteiger partial charge in [0, 0.05) is 56.1 Å². The summed E-state index contributed by atoms with van der Waals surface area (Å²) in [6.07, 6.45) is 12.0. The first-order valence-electron chi connectivity index (χ1n) is 14.4. The Balaban J connectivity index is 1.15. The van der Waals surface area contributed by atoms with E-state index in [9.17, 15) is 9.90 Å². The van der Waals surface area contributed by atoms with Gasteiger partial charge in [-0.1, -0.05) is 12.1 Å². The summed E-state index contributed by atoms with van der Waals surface area (Å²) in [4.78, 5) is 31.9. The molecule has 0 radical (unpaired) electrons. The van der Waals surface area contributed by atoms with Gasteiger partial charge in [-0.3, -0.25) is 4.90 Å². The smallest absolute Gasteiger partial charge is 0.326 e. The number of hydrogen-bond donors (Lipinski definition) is 3. The Morgan fingerprint density at radius 2 is 2.05 bits per heavy atom. The zero-order chi connectivity index (χ0) is 29.0. The Hall–Kier alpha value is -4.58. The number of rotatable bonds is 16. The molecule has 0 fully saturated rings. The summed E-state index contributed by atoms with van der Waals surface area (Å²) in [7, 11) is 0. The molecule has 0 saturated carbocycles. The lowest BCUT2D eigenvalue weighted by Crippen LogP contribution is -2.37. The molecule has 0 spiro atoms. The van der Waals surface area contributed by atoms with Crippen LogP contribution in [0.4, 0.5) is 11.6 Å². The molecule has 0 aliphatic carbocycles. The van der Waals surface area contributed by atoms with E-state index in [1.54, 1.807) is 35.4 Å². The average Bonchev–Trinajstić information content (AvgIpc) is 3.57. The molecule has 5 rings (SSSR count). The van der Waals surface area contributed by atoms with Gasteiger partial charge in [0.15, 0.2) is 5.82 Å². The Morgan fingerprint density at radius 1 is 1.10 bits per heavy atom. The van der Waals surface area contributed by atoms with Crippen LogP contribution in [0.5, 0.6) is 5.88 Å². The predicted molar refractivity (Wildman–Crippen MR) is 159 cm³/mol. The first-order valence-corrected chi connectivity index (χ1v) is 14.4. The fraction of sp³-hybridized carbons (Fsp3) is 0.400. The van der Waals surface area contributed by atoms with Crippen LogP contribution < -0.4 is 15.4 Å². The van der Waals surface area contributed by atoms with Crippen molar-refractivity contribution in [3.63, 3.8) is 0 Å². The van der Waals surface area contributed by atoms with E-state index in [0.717, 1.165) is 56.7 Å². The Kier molecular flexibility index (Phi) is 10.2. The molecular weight excluding hydrogens is 534 g/mol. The molecule has 1 aliphatic heterocycles. The third-order valence-electron chi connectivity index (χ3n) is 7.15. The number of carboxylic acids is 1. The van der Waals surface area contributed by atoms with Crippen molar-refractivity contribution in [1.29, 1.82) is 0 Å². The molecule has 4 aromatic rings. The Bertz CT molecular complexity index is 1400. The number of aromatic nitrogens is 6. The fourth-order valence-electron chi connectivity index (χ4n) is 4.90. The van der Waals surface area contributed by atoms with E-state index in [1.807, 2.05) is 18.2 Å². The number of nitrogens with one attached hydrogen (secondary N) is 2. The van der Waals surface area contributed by atoms with Gasteiger partial charge in [0.1, 0.15) is 30.6 Å². The molecule has 12 nitrogen and oxygen atoms in total. The number of anilines is 2. The van der Waals surface area contributed by atoms with Crippen molar-refractivity contribution in [2.24, 2.45) is 0 Å². The largest absolute Gasteiger partial charge is 0.480 e. The summed E-state index contributed by atoms with van der Waals surface area (Å²) in [5.74, 6) is 1.65. The van der Waals surface area contributed by atoms with Crippen molar-refractivity contribution in [3.8, 4) is 11.7 Å². The van der Waals surface area contributed by atoms with Crippen LogP contribution >= 0.6 is 0 Å². The maximum Gasteiger partial charge on any atom is 0.326 e. The van der Waals surface area contributed by atoms with Crippen LogP contribution in [0.1, 0.15) is 36.9 Å². The lowest BCUT2D eigenvalue weighted by Gasteiger charge is -2.24. The second-order valence-electron chi connectivity index (χ2n) is 10.2. The number of fused-ring (bicyclic) bond motifs is 1. The standard InChI is InChI=1S/C30H37N9O3/c40-30(41)25(37-26-21-27(34-22-33-26)39-17-6-15-35-39)12-18-38(19-20-42-28-9-1-3-13-31-28)16-4-2-8-24-11-10-23-7-5-14-32-29(23)36-24/h1,3,6,9-11,13,15,17,21-22,25H,2,4-5,7-8,12,14,16,18-20H2,(H,32,36)(H,40,41)(H,33,34,37)/t25-/m0/s1. The zero-order valence-corrected chi connectivity index (χ0v) is 23.6. The number of carbonyl (C=O) groups is 1. The van der Waals surface area contributed by atoms with E-state index in [0.29, 0.717) is 43.6 Å². The lowest BCUT2D eigenvalue weighted by atomic mass is 10.1. The maximum absolute atomic E-state index is 12.2. The number of carboxylic acid groups (broad SMARTS) is 1. The summed E-state index contributed by atoms with van der Waals surface area (Å²) in [6, 6.07) is 12.6. The molecule has 4 aromatic heterocycles. The lowest BCUT2D eigenvalue weighted by molar-refractivity contribution is -0.138. The summed E-state index contributed by atoms with van der Waals surface area (Å²) in [6.45, 7) is 3.49. The summed E-state index contributed by atoms with van der Waals surface area (Å²) < 4.78 is 7.44. The topological polar surface area (TPSA) is 143 Å². The summed E-state index contributed by atoms with van der Waals surface area (Å²) in [5.41, 5.74) is 2.40. The molecule has 42 heavy (non-hydrogen) atoms. The van der Waals surface area contributed by atoms with E-state index < -0.39 is 12.0 Å². The van der Waals surface area contributed by atoms with Gasteiger partial charge in [-0.2, -0.15) is 5.10 Å². The third kappa shape index (κ3) is 8.46. The second-order valence-corrected chi connectivity index (χ2v) is 10.2. The highest BCUT2D eigenvalue weighted by Gasteiger charge is 2.20. The highest BCUT2D eigenvalue weighted by Crippen LogP contribution is 2.20. The predicted octanol–water partition coefficient (Wildman–Crippen LogP) is 3.47. The number of ether oxygens (including phenoxy) is 1. The van der Waals surface area contributed by atoms with Gasteiger partial charge < -0.3 is 20.5 Å². The van der Waals surface area contributed by atoms with Crippen molar-refractivity contribution in [3.05, 3.63) is 78.6 Å². The normalized spacial score (nSPS) is 13.3. The monoisotopic (exact) mass is 571 g/mol. The average molecular weight is 572 g/mol. The molecule has 0 unspecified atom stereocenters. The number of unbranched alkanes of at least 4 members (excludes halogenated alkanes) is 1. The van der Waals surface area contributed by atoms with Crippen LogP contribution in [0, 0.1) is 0 Å². The molecule has 220 valence electrons. The number of hydrogen-bond acceptors (Lipinski definition) is 10. The molecule has 12 heteroatoms. The van der Waals surface area contributed by atoms with Gasteiger partial charge in [0.2, 0.25) is 5.88 Å². The second kappa shape index (κ2) is 14.9. The number of aliphatic carboxylic acids is 1. The summed E-state index contributed by atoms with van der Waals surface area (Å²) >= 11 is 0. The zero-order valence-electron chi connectivity index (χ0n) is 23.6. The highest BCUT2D eigenvalue weighted by molar-refractivity contribution is 5.76. The Morgan fingerprint density at radius 3 is 2.88 bits per heavy atom. The van der Waals surface area contributed by atoms with E-state index >= 15 is 0 Å². The number of aryl methyl sites for hydroxylation is 2. The van der Waals surface area contributed by atoms with Gasteiger partial charge in [-0.25, -0.2) is 29.4 Å². The SMILES string of the molecule is O=C(O)[C@H](CCN(CCCCc1ccc2c(n1)NCCC2)CCOc1ccccn1)Nc1cc(-n2cccn2)ncn1.